The van der Waals surface area contributed by atoms with E-state index >= 15 is 0 Å². The van der Waals surface area contributed by atoms with Gasteiger partial charge in [-0.25, -0.2) is 0 Å². The van der Waals surface area contributed by atoms with Crippen LogP contribution in [-0.2, 0) is 4.79 Å². The maximum absolute atomic E-state index is 10.5. The van der Waals surface area contributed by atoms with Crippen LogP contribution in [0.2, 0.25) is 0 Å². The molecule has 0 aliphatic rings. The second-order valence-electron chi connectivity index (χ2n) is 3.40. The van der Waals surface area contributed by atoms with Crippen LogP contribution >= 0.6 is 0 Å². The summed E-state index contributed by atoms with van der Waals surface area (Å²) in [6, 6.07) is 0. The van der Waals surface area contributed by atoms with E-state index in [0.29, 0.717) is 6.42 Å². The van der Waals surface area contributed by atoms with Gasteiger partial charge in [0.2, 0.25) is 5.91 Å². The van der Waals surface area contributed by atoms with Gasteiger partial charge in [0.05, 0.1) is 0 Å². The molecule has 14 heavy (non-hydrogen) atoms. The first-order valence-corrected chi connectivity index (χ1v) is 5.22. The van der Waals surface area contributed by atoms with Gasteiger partial charge in [-0.05, 0) is 6.42 Å². The Bertz CT molecular complexity index is 131. The predicted molar refractivity (Wildman–Crippen MR) is 54.1 cm³/mol. The summed E-state index contributed by atoms with van der Waals surface area (Å²) in [7, 11) is 0. The topological polar surface area (TPSA) is 52.2 Å². The number of unbranched alkanes of at least 4 members (excludes halogenated alkanes) is 6. The molecule has 0 atom stereocenters. The van der Waals surface area contributed by atoms with E-state index in [1.807, 2.05) is 0 Å². The van der Waals surface area contributed by atoms with Gasteiger partial charge >= 0.3 is 51.4 Å². The molecule has 3 nitrogen and oxygen atoms in total. The summed E-state index contributed by atoms with van der Waals surface area (Å²) in [4.78, 5) is 10.5. The minimum absolute atomic E-state index is 0. The molecular weight excluding hydrogens is 205 g/mol. The van der Waals surface area contributed by atoms with Crippen LogP contribution in [-0.4, -0.2) is 5.91 Å². The smallest absolute Gasteiger partial charge is 0.759 e. The normalized spacial score (nSPS) is 9.29. The molecule has 0 aromatic rings. The quantitative estimate of drug-likeness (QED) is 0.352. The molecule has 1 amide bonds. The van der Waals surface area contributed by atoms with E-state index in [-0.39, 0.29) is 57.3 Å². The molecule has 0 heterocycles. The van der Waals surface area contributed by atoms with Gasteiger partial charge in [0, 0.05) is 6.42 Å². The van der Waals surface area contributed by atoms with Crippen molar-refractivity contribution >= 4 is 5.91 Å². The molecule has 0 rings (SSSR count). The standard InChI is InChI=1S/C10H20NO2.K/c1-2-3-4-5-6-7-8-9-10(12)11-13;/h2-9H2,1H3,(H-,11,12,13);/q-1;+1. The van der Waals surface area contributed by atoms with Crippen molar-refractivity contribution in [2.75, 3.05) is 0 Å². The predicted octanol–water partition coefficient (Wildman–Crippen LogP) is -0.255. The molecule has 0 bridgehead atoms. The molecule has 0 aromatic carbocycles. The second kappa shape index (κ2) is 14.1. The van der Waals surface area contributed by atoms with Gasteiger partial charge < -0.3 is 10.7 Å². The van der Waals surface area contributed by atoms with Crippen molar-refractivity contribution in [1.82, 2.24) is 5.48 Å². The Morgan fingerprint density at radius 2 is 1.57 bits per heavy atom. The first kappa shape index (κ1) is 17.5. The first-order valence-electron chi connectivity index (χ1n) is 5.22. The Labute approximate surface area is 129 Å². The molecule has 78 valence electrons. The van der Waals surface area contributed by atoms with E-state index in [0.717, 1.165) is 12.8 Å². The number of hydrogen-bond acceptors (Lipinski definition) is 2. The van der Waals surface area contributed by atoms with Crippen molar-refractivity contribution in [1.29, 1.82) is 0 Å². The van der Waals surface area contributed by atoms with Crippen LogP contribution in [0.1, 0.15) is 58.3 Å². The fraction of sp³-hybridized carbons (Fsp3) is 0.900. The molecule has 0 saturated carbocycles. The zero-order valence-electron chi connectivity index (χ0n) is 9.47. The van der Waals surface area contributed by atoms with Crippen molar-refractivity contribution in [3.8, 4) is 0 Å². The third-order valence-corrected chi connectivity index (χ3v) is 2.12. The third-order valence-electron chi connectivity index (χ3n) is 2.12. The molecule has 0 radical (unpaired) electrons. The van der Waals surface area contributed by atoms with Crippen molar-refractivity contribution < 1.29 is 56.2 Å². The van der Waals surface area contributed by atoms with Gasteiger partial charge in [-0.15, -0.1) is 0 Å². The molecule has 0 aliphatic heterocycles. The zero-order chi connectivity index (χ0) is 9.94. The minimum Gasteiger partial charge on any atom is -0.759 e. The summed E-state index contributed by atoms with van der Waals surface area (Å²) in [5.41, 5.74) is 1.39. The SMILES string of the molecule is CCCCCCCCCC(=O)N[O-].[K+]. The summed E-state index contributed by atoms with van der Waals surface area (Å²) >= 11 is 0. The Hall–Kier alpha value is 1.07. The summed E-state index contributed by atoms with van der Waals surface area (Å²) in [5, 5.41) is 9.84. The molecule has 0 saturated heterocycles. The third kappa shape index (κ3) is 13.1. The fourth-order valence-corrected chi connectivity index (χ4v) is 1.29. The van der Waals surface area contributed by atoms with Crippen LogP contribution in [0.4, 0.5) is 0 Å². The van der Waals surface area contributed by atoms with Crippen LogP contribution in [0.25, 0.3) is 0 Å². The summed E-state index contributed by atoms with van der Waals surface area (Å²) < 4.78 is 0. The molecule has 1 N–H and O–H groups in total. The maximum atomic E-state index is 10.5. The number of carbonyl (C=O) groups is 1. The Balaban J connectivity index is 0. The summed E-state index contributed by atoms with van der Waals surface area (Å²) in [6.07, 6.45) is 8.61. The van der Waals surface area contributed by atoms with E-state index < -0.39 is 0 Å². The van der Waals surface area contributed by atoms with Crippen molar-refractivity contribution in [3.63, 3.8) is 0 Å². The number of hydrogen-bond donors (Lipinski definition) is 1. The van der Waals surface area contributed by atoms with Gasteiger partial charge in [-0.2, -0.15) is 0 Å². The summed E-state index contributed by atoms with van der Waals surface area (Å²) in [6.45, 7) is 2.19. The molecule has 4 heteroatoms. The van der Waals surface area contributed by atoms with Crippen molar-refractivity contribution in [3.05, 3.63) is 5.21 Å². The Morgan fingerprint density at radius 3 is 2.07 bits per heavy atom. The molecule has 0 aliphatic carbocycles. The average Bonchev–Trinajstić information content (AvgIpc) is 2.16. The van der Waals surface area contributed by atoms with E-state index in [2.05, 4.69) is 6.92 Å². The molecule has 0 unspecified atom stereocenters. The van der Waals surface area contributed by atoms with Crippen LogP contribution in [0.5, 0.6) is 0 Å². The fourth-order valence-electron chi connectivity index (χ4n) is 1.29. The number of hydroxylamine groups is 1. The maximum Gasteiger partial charge on any atom is 1.00 e. The molecule has 0 fully saturated rings. The van der Waals surface area contributed by atoms with Gasteiger partial charge in [-0.3, -0.25) is 4.79 Å². The Morgan fingerprint density at radius 1 is 1.07 bits per heavy atom. The minimum atomic E-state index is -0.381. The largest absolute Gasteiger partial charge is 1.00 e. The van der Waals surface area contributed by atoms with Crippen LogP contribution in [0, 0.1) is 5.21 Å². The number of rotatable bonds is 8. The zero-order valence-corrected chi connectivity index (χ0v) is 12.6. The van der Waals surface area contributed by atoms with E-state index in [1.165, 1.54) is 37.6 Å². The monoisotopic (exact) mass is 225 g/mol. The number of amides is 1. The molecule has 0 aromatic heterocycles. The van der Waals surface area contributed by atoms with E-state index in [9.17, 15) is 10.0 Å². The van der Waals surface area contributed by atoms with Crippen LogP contribution in [0.3, 0.4) is 0 Å². The number of nitrogens with one attached hydrogen (secondary N) is 1. The van der Waals surface area contributed by atoms with Crippen molar-refractivity contribution in [2.24, 2.45) is 0 Å². The first-order chi connectivity index (χ1) is 6.31. The van der Waals surface area contributed by atoms with Gasteiger partial charge in [0.1, 0.15) is 0 Å². The van der Waals surface area contributed by atoms with Gasteiger partial charge in [0.25, 0.3) is 0 Å². The number of carbonyl (C=O) groups excluding carboxylic acids is 1. The van der Waals surface area contributed by atoms with Crippen LogP contribution < -0.4 is 56.9 Å². The van der Waals surface area contributed by atoms with E-state index in [1.54, 1.807) is 0 Å². The molecular formula is C10H20KNO2. The summed E-state index contributed by atoms with van der Waals surface area (Å²) in [5.74, 6) is -0.381. The van der Waals surface area contributed by atoms with Crippen LogP contribution in [0.15, 0.2) is 0 Å². The van der Waals surface area contributed by atoms with Gasteiger partial charge in [-0.1, -0.05) is 45.4 Å². The Kier molecular flexibility index (Phi) is 17.5. The molecule has 0 spiro atoms. The van der Waals surface area contributed by atoms with Gasteiger partial charge in [0.15, 0.2) is 0 Å². The second-order valence-corrected chi connectivity index (χ2v) is 3.40. The average molecular weight is 225 g/mol. The van der Waals surface area contributed by atoms with E-state index in [4.69, 9.17) is 0 Å². The van der Waals surface area contributed by atoms with Crippen molar-refractivity contribution in [2.45, 2.75) is 58.3 Å².